The molecule has 0 aliphatic heterocycles. The number of benzene rings is 2. The lowest BCUT2D eigenvalue weighted by molar-refractivity contribution is 0.401. The van der Waals surface area contributed by atoms with E-state index < -0.39 is 19.7 Å². The first kappa shape index (κ1) is 16.5. The first-order valence-electron chi connectivity index (χ1n) is 6.37. The molecule has 2 rings (SSSR count). The molecule has 0 atom stereocenters. The van der Waals surface area contributed by atoms with Gasteiger partial charge in [0.25, 0.3) is 0 Å². The van der Waals surface area contributed by atoms with Crippen LogP contribution >= 0.6 is 0 Å². The first-order chi connectivity index (χ1) is 10.2. The number of sulfone groups is 2. The standard InChI is InChI=1S/C15H16O5S2/c1-11-6-4-5-7-14(11)22(18,19)15-9-8-12(21(3,16)17)10-13(15)20-2/h4-10H,1-3H3. The molecule has 0 saturated heterocycles. The molecular weight excluding hydrogens is 324 g/mol. The van der Waals surface area contributed by atoms with Crippen LogP contribution in [0.3, 0.4) is 0 Å². The predicted octanol–water partition coefficient (Wildman–Crippen LogP) is 2.24. The maximum Gasteiger partial charge on any atom is 0.210 e. The smallest absolute Gasteiger partial charge is 0.210 e. The van der Waals surface area contributed by atoms with Gasteiger partial charge in [-0.15, -0.1) is 0 Å². The fraction of sp³-hybridized carbons (Fsp3) is 0.200. The topological polar surface area (TPSA) is 77.5 Å². The van der Waals surface area contributed by atoms with Gasteiger partial charge < -0.3 is 4.74 Å². The van der Waals surface area contributed by atoms with E-state index in [0.29, 0.717) is 5.56 Å². The number of hydrogen-bond acceptors (Lipinski definition) is 5. The third-order valence-corrected chi connectivity index (χ3v) is 6.30. The Morgan fingerprint density at radius 1 is 0.909 bits per heavy atom. The maximum absolute atomic E-state index is 12.8. The summed E-state index contributed by atoms with van der Waals surface area (Å²) in [5.74, 6) is 0.00572. The van der Waals surface area contributed by atoms with Crippen molar-refractivity contribution in [3.63, 3.8) is 0 Å². The Bertz CT molecular complexity index is 913. The molecule has 0 heterocycles. The molecule has 2 aromatic rings. The van der Waals surface area contributed by atoms with Crippen molar-refractivity contribution in [1.29, 1.82) is 0 Å². The van der Waals surface area contributed by atoms with Crippen molar-refractivity contribution >= 4 is 19.7 Å². The monoisotopic (exact) mass is 340 g/mol. The number of ether oxygens (including phenoxy) is 1. The molecule has 0 spiro atoms. The van der Waals surface area contributed by atoms with Gasteiger partial charge in [-0.2, -0.15) is 0 Å². The lowest BCUT2D eigenvalue weighted by Gasteiger charge is -2.12. The molecule has 2 aromatic carbocycles. The molecule has 0 saturated carbocycles. The van der Waals surface area contributed by atoms with Crippen molar-refractivity contribution < 1.29 is 21.6 Å². The van der Waals surface area contributed by atoms with Crippen LogP contribution in [0.2, 0.25) is 0 Å². The molecule has 5 nitrogen and oxygen atoms in total. The normalized spacial score (nSPS) is 12.1. The number of aryl methyl sites for hydroxylation is 1. The van der Waals surface area contributed by atoms with Crippen LogP contribution in [-0.2, 0) is 19.7 Å². The molecule has 0 radical (unpaired) electrons. The van der Waals surface area contributed by atoms with Crippen molar-refractivity contribution in [3.05, 3.63) is 48.0 Å². The molecule has 0 aromatic heterocycles. The van der Waals surface area contributed by atoms with Gasteiger partial charge in [0.05, 0.1) is 16.9 Å². The van der Waals surface area contributed by atoms with E-state index in [2.05, 4.69) is 0 Å². The van der Waals surface area contributed by atoms with E-state index in [4.69, 9.17) is 4.74 Å². The van der Waals surface area contributed by atoms with Gasteiger partial charge in [0.1, 0.15) is 10.6 Å². The second kappa shape index (κ2) is 5.73. The van der Waals surface area contributed by atoms with Crippen LogP contribution in [0.15, 0.2) is 57.2 Å². The van der Waals surface area contributed by atoms with Gasteiger partial charge in [0.15, 0.2) is 9.84 Å². The minimum absolute atomic E-state index is 0.00572. The zero-order chi connectivity index (χ0) is 16.5. The van der Waals surface area contributed by atoms with Crippen LogP contribution < -0.4 is 4.74 Å². The van der Waals surface area contributed by atoms with Crippen LogP contribution in [-0.4, -0.2) is 30.2 Å². The summed E-state index contributed by atoms with van der Waals surface area (Å²) in [7, 11) is -5.94. The molecule has 0 N–H and O–H groups in total. The lowest BCUT2D eigenvalue weighted by Crippen LogP contribution is -2.07. The largest absolute Gasteiger partial charge is 0.495 e. The number of methoxy groups -OCH3 is 1. The minimum atomic E-state index is -3.79. The summed E-state index contributed by atoms with van der Waals surface area (Å²) in [4.78, 5) is 0.116. The van der Waals surface area contributed by atoms with Gasteiger partial charge in [-0.3, -0.25) is 0 Å². The summed E-state index contributed by atoms with van der Waals surface area (Å²) >= 11 is 0. The summed E-state index contributed by atoms with van der Waals surface area (Å²) in [5, 5.41) is 0. The van der Waals surface area contributed by atoms with Gasteiger partial charge >= 0.3 is 0 Å². The van der Waals surface area contributed by atoms with Crippen LogP contribution in [0.5, 0.6) is 5.75 Å². The first-order valence-corrected chi connectivity index (χ1v) is 9.74. The fourth-order valence-electron chi connectivity index (χ4n) is 2.08. The zero-order valence-electron chi connectivity index (χ0n) is 12.4. The van der Waals surface area contributed by atoms with E-state index >= 15 is 0 Å². The van der Waals surface area contributed by atoms with Crippen LogP contribution in [0.25, 0.3) is 0 Å². The van der Waals surface area contributed by atoms with E-state index in [1.54, 1.807) is 25.1 Å². The molecule has 0 aliphatic rings. The van der Waals surface area contributed by atoms with Gasteiger partial charge in [0, 0.05) is 12.3 Å². The van der Waals surface area contributed by atoms with Gasteiger partial charge in [0.2, 0.25) is 9.84 Å². The molecule has 7 heteroatoms. The third kappa shape index (κ3) is 3.00. The Labute approximate surface area is 130 Å². The summed E-state index contributed by atoms with van der Waals surface area (Å²) in [6.45, 7) is 1.70. The zero-order valence-corrected chi connectivity index (χ0v) is 14.0. The molecule has 0 unspecified atom stereocenters. The predicted molar refractivity (Wildman–Crippen MR) is 82.7 cm³/mol. The highest BCUT2D eigenvalue weighted by atomic mass is 32.2. The SMILES string of the molecule is COc1cc(S(C)(=O)=O)ccc1S(=O)(=O)c1ccccc1C. The Morgan fingerprint density at radius 2 is 1.55 bits per heavy atom. The van der Waals surface area contributed by atoms with Gasteiger partial charge in [-0.25, -0.2) is 16.8 Å². The lowest BCUT2D eigenvalue weighted by atomic mass is 10.2. The van der Waals surface area contributed by atoms with Crippen molar-refractivity contribution in [3.8, 4) is 5.75 Å². The van der Waals surface area contributed by atoms with Gasteiger partial charge in [-0.1, -0.05) is 18.2 Å². The van der Waals surface area contributed by atoms with Crippen LogP contribution in [0, 0.1) is 6.92 Å². The summed E-state index contributed by atoms with van der Waals surface area (Å²) < 4.78 is 53.8. The number of hydrogen-bond donors (Lipinski definition) is 0. The minimum Gasteiger partial charge on any atom is -0.495 e. The van der Waals surface area contributed by atoms with Crippen LogP contribution in [0.4, 0.5) is 0 Å². The van der Waals surface area contributed by atoms with Crippen molar-refractivity contribution in [2.45, 2.75) is 21.6 Å². The Morgan fingerprint density at radius 3 is 2.09 bits per heavy atom. The van der Waals surface area contributed by atoms with E-state index in [9.17, 15) is 16.8 Å². The second-order valence-corrected chi connectivity index (χ2v) is 8.76. The van der Waals surface area contributed by atoms with Gasteiger partial charge in [-0.05, 0) is 30.7 Å². The number of rotatable bonds is 4. The third-order valence-electron chi connectivity index (χ3n) is 3.24. The highest BCUT2D eigenvalue weighted by Crippen LogP contribution is 2.32. The quantitative estimate of drug-likeness (QED) is 0.853. The van der Waals surface area contributed by atoms with E-state index in [-0.39, 0.29) is 20.4 Å². The summed E-state index contributed by atoms with van der Waals surface area (Å²) in [5.41, 5.74) is 0.608. The van der Waals surface area contributed by atoms with Crippen molar-refractivity contribution in [1.82, 2.24) is 0 Å². The molecular formula is C15H16O5S2. The molecule has 0 fully saturated rings. The van der Waals surface area contributed by atoms with E-state index in [1.165, 1.54) is 31.4 Å². The average Bonchev–Trinajstić information content (AvgIpc) is 2.45. The molecule has 0 bridgehead atoms. The fourth-order valence-corrected chi connectivity index (χ4v) is 4.35. The van der Waals surface area contributed by atoms with Crippen molar-refractivity contribution in [2.75, 3.05) is 13.4 Å². The summed E-state index contributed by atoms with van der Waals surface area (Å²) in [6, 6.07) is 10.3. The van der Waals surface area contributed by atoms with Crippen LogP contribution in [0.1, 0.15) is 5.56 Å². The Balaban J connectivity index is 2.70. The second-order valence-electron chi connectivity index (χ2n) is 4.85. The Hall–Kier alpha value is -1.86. The average molecular weight is 340 g/mol. The maximum atomic E-state index is 12.8. The highest BCUT2D eigenvalue weighted by Gasteiger charge is 2.25. The molecule has 0 amide bonds. The molecule has 118 valence electrons. The highest BCUT2D eigenvalue weighted by molar-refractivity contribution is 7.91. The van der Waals surface area contributed by atoms with E-state index in [1.807, 2.05) is 0 Å². The molecule has 0 aliphatic carbocycles. The molecule has 22 heavy (non-hydrogen) atoms. The van der Waals surface area contributed by atoms with E-state index in [0.717, 1.165) is 6.26 Å². The van der Waals surface area contributed by atoms with Crippen molar-refractivity contribution in [2.24, 2.45) is 0 Å². The Kier molecular flexibility index (Phi) is 4.30. The summed E-state index contributed by atoms with van der Waals surface area (Å²) in [6.07, 6.45) is 1.05.